The first-order valence-corrected chi connectivity index (χ1v) is 13.0. The number of carboxylic acid groups (broad SMARTS) is 1. The van der Waals surface area contributed by atoms with Crippen LogP contribution in [-0.4, -0.2) is 21.8 Å². The molecule has 0 fully saturated rings. The first-order chi connectivity index (χ1) is 15.5. The number of fused-ring (bicyclic) bond motifs is 1. The van der Waals surface area contributed by atoms with E-state index in [4.69, 9.17) is 5.11 Å². The Morgan fingerprint density at radius 3 is 2.59 bits per heavy atom. The van der Waals surface area contributed by atoms with Crippen LogP contribution in [0, 0.1) is 11.8 Å². The first-order valence-electron chi connectivity index (χ1n) is 12.0. The third-order valence-electron chi connectivity index (χ3n) is 6.77. The lowest BCUT2D eigenvalue weighted by Gasteiger charge is -2.38. The van der Waals surface area contributed by atoms with Crippen molar-refractivity contribution in [2.45, 2.75) is 88.9 Å². The molecule has 0 spiro atoms. The van der Waals surface area contributed by atoms with Crippen molar-refractivity contribution in [2.24, 2.45) is 0 Å². The number of thioether (sulfide) groups is 1. The molecule has 1 aromatic carbocycles. The van der Waals surface area contributed by atoms with E-state index >= 15 is 0 Å². The van der Waals surface area contributed by atoms with E-state index in [1.807, 2.05) is 17.8 Å². The van der Waals surface area contributed by atoms with Gasteiger partial charge in [0, 0.05) is 16.7 Å². The molecular formula is C28H35NO2S. The average Bonchev–Trinajstić information content (AvgIpc) is 2.80. The van der Waals surface area contributed by atoms with Gasteiger partial charge < -0.3 is 5.11 Å². The summed E-state index contributed by atoms with van der Waals surface area (Å²) in [6.45, 7) is 6.88. The summed E-state index contributed by atoms with van der Waals surface area (Å²) < 4.78 is 0. The summed E-state index contributed by atoms with van der Waals surface area (Å²) >= 11 is 2.00. The van der Waals surface area contributed by atoms with Crippen molar-refractivity contribution in [2.75, 3.05) is 5.75 Å². The quantitative estimate of drug-likeness (QED) is 0.338. The molecule has 3 rings (SSSR count). The van der Waals surface area contributed by atoms with E-state index in [0.717, 1.165) is 24.8 Å². The molecule has 1 aliphatic heterocycles. The molecule has 1 N–H and O–H groups in total. The molecule has 2 aromatic rings. The van der Waals surface area contributed by atoms with Crippen LogP contribution in [0.5, 0.6) is 0 Å². The predicted molar refractivity (Wildman–Crippen MR) is 133 cm³/mol. The van der Waals surface area contributed by atoms with Gasteiger partial charge in [0.25, 0.3) is 0 Å². The molecule has 0 amide bonds. The van der Waals surface area contributed by atoms with Gasteiger partial charge in [-0.1, -0.05) is 52.0 Å². The number of pyridine rings is 1. The maximum Gasteiger partial charge on any atom is 0.307 e. The van der Waals surface area contributed by atoms with E-state index in [1.54, 1.807) is 12.3 Å². The molecule has 3 nitrogen and oxygen atoms in total. The monoisotopic (exact) mass is 449 g/mol. The van der Waals surface area contributed by atoms with Gasteiger partial charge in [-0.15, -0.1) is 11.8 Å². The first kappa shape index (κ1) is 24.4. The largest absolute Gasteiger partial charge is 0.481 e. The zero-order valence-electron chi connectivity index (χ0n) is 19.7. The van der Waals surface area contributed by atoms with Crippen LogP contribution in [0.15, 0.2) is 35.4 Å². The number of benzene rings is 1. The van der Waals surface area contributed by atoms with Crippen LogP contribution in [0.4, 0.5) is 0 Å². The number of aryl methyl sites for hydroxylation is 1. The number of carbonyl (C=O) groups is 1. The Morgan fingerprint density at radius 1 is 1.12 bits per heavy atom. The smallest absolute Gasteiger partial charge is 0.307 e. The second-order valence-corrected chi connectivity index (χ2v) is 9.91. The number of unbranched alkanes of at least 4 members (excludes halogenated alkanes) is 3. The van der Waals surface area contributed by atoms with Crippen molar-refractivity contribution in [3.63, 3.8) is 0 Å². The van der Waals surface area contributed by atoms with Crippen molar-refractivity contribution >= 4 is 17.7 Å². The highest BCUT2D eigenvalue weighted by molar-refractivity contribution is 7.99. The fourth-order valence-electron chi connectivity index (χ4n) is 4.61. The molecule has 0 atom stereocenters. The van der Waals surface area contributed by atoms with Crippen LogP contribution in [-0.2, 0) is 23.1 Å². The molecule has 4 heteroatoms. The minimum atomic E-state index is -0.847. The maximum atomic E-state index is 10.9. The molecular weight excluding hydrogens is 414 g/mol. The van der Waals surface area contributed by atoms with Crippen molar-refractivity contribution < 1.29 is 9.90 Å². The highest BCUT2D eigenvalue weighted by Crippen LogP contribution is 2.47. The molecule has 0 aliphatic carbocycles. The molecule has 2 heterocycles. The number of nitrogens with zero attached hydrogens (tertiary/aromatic N) is 1. The summed E-state index contributed by atoms with van der Waals surface area (Å²) in [7, 11) is 0. The predicted octanol–water partition coefficient (Wildman–Crippen LogP) is 6.78. The van der Waals surface area contributed by atoms with Crippen molar-refractivity contribution in [3.05, 3.63) is 58.4 Å². The molecule has 0 unspecified atom stereocenters. The molecule has 0 saturated carbocycles. The van der Waals surface area contributed by atoms with Gasteiger partial charge >= 0.3 is 5.97 Å². The number of aliphatic carboxylic acids is 1. The van der Waals surface area contributed by atoms with Gasteiger partial charge in [-0.2, -0.15) is 0 Å². The number of hydrogen-bond donors (Lipinski definition) is 1. The van der Waals surface area contributed by atoms with E-state index in [9.17, 15) is 4.79 Å². The fourth-order valence-corrected chi connectivity index (χ4v) is 5.97. The second-order valence-electron chi connectivity index (χ2n) is 8.77. The summed E-state index contributed by atoms with van der Waals surface area (Å²) in [5.41, 5.74) is 5.59. The van der Waals surface area contributed by atoms with Crippen LogP contribution in [0.25, 0.3) is 0 Å². The van der Waals surface area contributed by atoms with Gasteiger partial charge in [-0.05, 0) is 84.1 Å². The van der Waals surface area contributed by atoms with Gasteiger partial charge in [-0.3, -0.25) is 4.79 Å². The molecule has 1 aliphatic rings. The Kier molecular flexibility index (Phi) is 8.82. The Bertz CT molecular complexity index is 981. The molecule has 0 bridgehead atoms. The number of hydrogen-bond acceptors (Lipinski definition) is 3. The summed E-state index contributed by atoms with van der Waals surface area (Å²) in [5.74, 6) is 7.02. The second kappa shape index (κ2) is 11.6. The lowest BCUT2D eigenvalue weighted by atomic mass is 9.72. The zero-order valence-corrected chi connectivity index (χ0v) is 20.5. The summed E-state index contributed by atoms with van der Waals surface area (Å²) in [5, 5.41) is 8.95. The lowest BCUT2D eigenvalue weighted by molar-refractivity contribution is -0.136. The molecule has 1 aromatic heterocycles. The van der Waals surface area contributed by atoms with Crippen LogP contribution in [0.3, 0.4) is 0 Å². The van der Waals surface area contributed by atoms with E-state index in [-0.39, 0.29) is 11.8 Å². The standard InChI is InChI=1S/C28H35NO2S/c1-4-7-8-9-10-22-19-26-25(28(5-2,6-3)15-16-32-26)18-23(22)12-14-24-13-11-21(20-29-24)17-27(30)31/h11,13,18-20H,4-10,15-17H2,1-3H3,(H,30,31). The topological polar surface area (TPSA) is 50.2 Å². The van der Waals surface area contributed by atoms with E-state index in [1.165, 1.54) is 53.9 Å². The van der Waals surface area contributed by atoms with Crippen LogP contribution >= 0.6 is 11.8 Å². The van der Waals surface area contributed by atoms with Crippen molar-refractivity contribution in [3.8, 4) is 11.8 Å². The van der Waals surface area contributed by atoms with Crippen molar-refractivity contribution in [1.29, 1.82) is 0 Å². The Balaban J connectivity index is 1.95. The summed E-state index contributed by atoms with van der Waals surface area (Å²) in [6.07, 6.45) is 11.2. The van der Waals surface area contributed by atoms with E-state index in [2.05, 4.69) is 49.7 Å². The molecule has 170 valence electrons. The number of rotatable bonds is 9. The average molecular weight is 450 g/mol. The zero-order chi connectivity index (χ0) is 23.0. The van der Waals surface area contributed by atoms with Crippen LogP contribution in [0.2, 0.25) is 0 Å². The van der Waals surface area contributed by atoms with E-state index < -0.39 is 5.97 Å². The normalized spacial score (nSPS) is 14.3. The van der Waals surface area contributed by atoms with Gasteiger partial charge in [-0.25, -0.2) is 4.98 Å². The van der Waals surface area contributed by atoms with E-state index in [0.29, 0.717) is 11.3 Å². The third kappa shape index (κ3) is 5.95. The Morgan fingerprint density at radius 2 is 1.94 bits per heavy atom. The van der Waals surface area contributed by atoms with Gasteiger partial charge in [0.15, 0.2) is 0 Å². The third-order valence-corrected chi connectivity index (χ3v) is 7.83. The van der Waals surface area contributed by atoms with Gasteiger partial charge in [0.2, 0.25) is 0 Å². The summed E-state index contributed by atoms with van der Waals surface area (Å²) in [4.78, 5) is 16.7. The maximum absolute atomic E-state index is 10.9. The fraction of sp³-hybridized carbons (Fsp3) is 0.500. The summed E-state index contributed by atoms with van der Waals surface area (Å²) in [6, 6.07) is 8.41. The van der Waals surface area contributed by atoms with Crippen LogP contribution < -0.4 is 0 Å². The molecule has 0 saturated heterocycles. The number of aromatic nitrogens is 1. The minimum Gasteiger partial charge on any atom is -0.481 e. The SMILES string of the molecule is CCCCCCc1cc2c(cc1C#Cc1ccc(CC(=O)O)cn1)C(CC)(CC)CCS2. The number of carboxylic acids is 1. The Labute approximate surface area is 197 Å². The van der Waals surface area contributed by atoms with Gasteiger partial charge in [0.1, 0.15) is 5.69 Å². The lowest BCUT2D eigenvalue weighted by Crippen LogP contribution is -2.29. The van der Waals surface area contributed by atoms with Gasteiger partial charge in [0.05, 0.1) is 6.42 Å². The highest BCUT2D eigenvalue weighted by Gasteiger charge is 2.34. The molecule has 32 heavy (non-hydrogen) atoms. The highest BCUT2D eigenvalue weighted by atomic mass is 32.2. The molecule has 0 radical (unpaired) electrons. The Hall–Kier alpha value is -2.25. The minimum absolute atomic E-state index is 0.0127. The van der Waals surface area contributed by atoms with Crippen LogP contribution in [0.1, 0.15) is 93.7 Å². The van der Waals surface area contributed by atoms with Crippen molar-refractivity contribution in [1.82, 2.24) is 4.98 Å².